The van der Waals surface area contributed by atoms with Gasteiger partial charge in [0, 0.05) is 6.08 Å². The molecule has 20 heavy (non-hydrogen) atoms. The first-order chi connectivity index (χ1) is 9.56. The highest BCUT2D eigenvalue weighted by Gasteiger charge is 2.17. The third-order valence-corrected chi connectivity index (χ3v) is 2.63. The Morgan fingerprint density at radius 3 is 2.85 bits per heavy atom. The van der Waals surface area contributed by atoms with Crippen molar-refractivity contribution in [3.8, 4) is 6.07 Å². The third kappa shape index (κ3) is 4.94. The van der Waals surface area contributed by atoms with Gasteiger partial charge in [-0.3, -0.25) is 4.79 Å². The number of nitriles is 1. The number of carbonyl (C=O) groups is 2. The maximum atomic E-state index is 11.6. The molecule has 0 aliphatic carbocycles. The largest absolute Gasteiger partial charge is 0.480 e. The van der Waals surface area contributed by atoms with Crippen molar-refractivity contribution in [2.75, 3.05) is 0 Å². The van der Waals surface area contributed by atoms with Crippen LogP contribution in [0.15, 0.2) is 30.3 Å². The Kier molecular flexibility index (Phi) is 5.98. The predicted molar refractivity (Wildman–Crippen MR) is 74.7 cm³/mol. The molecule has 0 saturated heterocycles. The number of carbonyl (C=O) groups excluding carboxylic acids is 1. The van der Waals surface area contributed by atoms with Gasteiger partial charge in [-0.1, -0.05) is 25.5 Å². The molecule has 0 aliphatic rings. The average Bonchev–Trinajstić information content (AvgIpc) is 2.44. The van der Waals surface area contributed by atoms with E-state index in [4.69, 9.17) is 10.4 Å². The van der Waals surface area contributed by atoms with Crippen LogP contribution in [-0.4, -0.2) is 23.0 Å². The van der Waals surface area contributed by atoms with E-state index in [1.54, 1.807) is 30.3 Å². The highest BCUT2D eigenvalue weighted by atomic mass is 16.4. The summed E-state index contributed by atoms with van der Waals surface area (Å²) in [5, 5.41) is 20.1. The molecule has 0 spiro atoms. The lowest BCUT2D eigenvalue weighted by Crippen LogP contribution is -2.39. The molecule has 0 aliphatic heterocycles. The fraction of sp³-hybridized carbons (Fsp3) is 0.267. The zero-order valence-electron chi connectivity index (χ0n) is 11.2. The fourth-order valence-corrected chi connectivity index (χ4v) is 1.65. The molecule has 1 amide bonds. The number of nitrogens with one attached hydrogen (secondary N) is 1. The minimum Gasteiger partial charge on any atom is -0.480 e. The minimum atomic E-state index is -1.04. The van der Waals surface area contributed by atoms with Gasteiger partial charge in [-0.2, -0.15) is 5.26 Å². The van der Waals surface area contributed by atoms with Crippen molar-refractivity contribution in [1.29, 1.82) is 5.26 Å². The number of aliphatic carboxylic acids is 1. The van der Waals surface area contributed by atoms with Crippen LogP contribution in [0, 0.1) is 11.3 Å². The van der Waals surface area contributed by atoms with E-state index >= 15 is 0 Å². The number of hydrogen-bond acceptors (Lipinski definition) is 3. The van der Waals surface area contributed by atoms with E-state index in [0.29, 0.717) is 24.0 Å². The molecule has 1 rings (SSSR count). The topological polar surface area (TPSA) is 90.2 Å². The van der Waals surface area contributed by atoms with Crippen LogP contribution in [0.4, 0.5) is 0 Å². The van der Waals surface area contributed by atoms with Crippen LogP contribution in [0.25, 0.3) is 6.08 Å². The lowest BCUT2D eigenvalue weighted by atomic mass is 10.1. The average molecular weight is 272 g/mol. The van der Waals surface area contributed by atoms with Gasteiger partial charge in [-0.25, -0.2) is 4.79 Å². The molecule has 1 atom stereocenters. The van der Waals surface area contributed by atoms with E-state index in [2.05, 4.69) is 5.32 Å². The van der Waals surface area contributed by atoms with E-state index in [1.807, 2.05) is 13.0 Å². The molecule has 1 aromatic carbocycles. The van der Waals surface area contributed by atoms with E-state index in [0.717, 1.165) is 0 Å². The number of carboxylic acids is 1. The van der Waals surface area contributed by atoms with Crippen LogP contribution in [0.1, 0.15) is 30.9 Å². The number of rotatable bonds is 6. The summed E-state index contributed by atoms with van der Waals surface area (Å²) in [5.74, 6) is -1.51. The predicted octanol–water partition coefficient (Wildman–Crippen LogP) is 1.94. The van der Waals surface area contributed by atoms with Crippen LogP contribution in [0.5, 0.6) is 0 Å². The third-order valence-electron chi connectivity index (χ3n) is 2.63. The van der Waals surface area contributed by atoms with Crippen LogP contribution in [-0.2, 0) is 9.59 Å². The monoisotopic (exact) mass is 272 g/mol. The molecule has 1 aromatic rings. The van der Waals surface area contributed by atoms with E-state index in [9.17, 15) is 9.59 Å². The molecule has 0 aromatic heterocycles. The fourth-order valence-electron chi connectivity index (χ4n) is 1.65. The van der Waals surface area contributed by atoms with E-state index < -0.39 is 17.9 Å². The molecule has 2 N–H and O–H groups in total. The zero-order chi connectivity index (χ0) is 15.0. The zero-order valence-corrected chi connectivity index (χ0v) is 11.2. The van der Waals surface area contributed by atoms with Crippen LogP contribution in [0.2, 0.25) is 0 Å². The first-order valence-electron chi connectivity index (χ1n) is 6.28. The standard InChI is InChI=1S/C15H16N2O3/c1-2-4-13(15(19)20)17-14(18)8-7-11-5-3-6-12(9-11)10-16/h3,5-9,13H,2,4H2,1H3,(H,17,18)(H,19,20)/b8-7+/t13-/m1/s1. The number of nitrogens with zero attached hydrogens (tertiary/aromatic N) is 1. The normalized spacial score (nSPS) is 11.8. The Hall–Kier alpha value is -2.61. The molecule has 5 heteroatoms. The highest BCUT2D eigenvalue weighted by molar-refractivity contribution is 5.94. The van der Waals surface area contributed by atoms with Gasteiger partial charge in [0.2, 0.25) is 5.91 Å². The Labute approximate surface area is 117 Å². The minimum absolute atomic E-state index is 0.388. The van der Waals surface area contributed by atoms with E-state index in [-0.39, 0.29) is 0 Å². The first-order valence-corrected chi connectivity index (χ1v) is 6.28. The Balaban J connectivity index is 2.67. The van der Waals surface area contributed by atoms with Crippen molar-refractivity contribution in [1.82, 2.24) is 5.32 Å². The highest BCUT2D eigenvalue weighted by Crippen LogP contribution is 2.06. The molecule has 0 fully saturated rings. The SMILES string of the molecule is CCC[C@@H](NC(=O)/C=C/c1cccc(C#N)c1)C(=O)O. The van der Waals surface area contributed by atoms with Gasteiger partial charge < -0.3 is 10.4 Å². The van der Waals surface area contributed by atoms with Crippen LogP contribution >= 0.6 is 0 Å². The number of amides is 1. The second kappa shape index (κ2) is 7.74. The molecule has 0 radical (unpaired) electrons. The van der Waals surface area contributed by atoms with Crippen molar-refractivity contribution in [2.24, 2.45) is 0 Å². The Morgan fingerprint density at radius 1 is 1.50 bits per heavy atom. The van der Waals surface area contributed by atoms with Gasteiger partial charge in [0.15, 0.2) is 0 Å². The van der Waals surface area contributed by atoms with Crippen molar-refractivity contribution < 1.29 is 14.7 Å². The van der Waals surface area contributed by atoms with Crippen molar-refractivity contribution >= 4 is 18.0 Å². The van der Waals surface area contributed by atoms with Gasteiger partial charge in [-0.15, -0.1) is 0 Å². The van der Waals surface area contributed by atoms with Crippen LogP contribution < -0.4 is 5.32 Å². The quantitative estimate of drug-likeness (QED) is 0.774. The maximum Gasteiger partial charge on any atom is 0.326 e. The molecule has 5 nitrogen and oxygen atoms in total. The summed E-state index contributed by atoms with van der Waals surface area (Å²) in [6.45, 7) is 1.85. The lowest BCUT2D eigenvalue weighted by molar-refractivity contribution is -0.141. The number of benzene rings is 1. The first kappa shape index (κ1) is 15.4. The van der Waals surface area contributed by atoms with E-state index in [1.165, 1.54) is 6.08 Å². The molecule has 0 heterocycles. The van der Waals surface area contributed by atoms with Crippen molar-refractivity contribution in [3.05, 3.63) is 41.5 Å². The number of hydrogen-bond donors (Lipinski definition) is 2. The number of carboxylic acid groups (broad SMARTS) is 1. The molecule has 0 saturated carbocycles. The van der Waals surface area contributed by atoms with Gasteiger partial charge >= 0.3 is 5.97 Å². The summed E-state index contributed by atoms with van der Waals surface area (Å²) < 4.78 is 0. The summed E-state index contributed by atoms with van der Waals surface area (Å²) in [6.07, 6.45) is 3.87. The summed E-state index contributed by atoms with van der Waals surface area (Å²) >= 11 is 0. The van der Waals surface area contributed by atoms with Gasteiger partial charge in [0.05, 0.1) is 11.6 Å². The summed E-state index contributed by atoms with van der Waals surface area (Å²) in [4.78, 5) is 22.5. The smallest absolute Gasteiger partial charge is 0.326 e. The molecule has 0 unspecified atom stereocenters. The summed E-state index contributed by atoms with van der Waals surface area (Å²) in [5.41, 5.74) is 1.21. The molecular formula is C15H16N2O3. The van der Waals surface area contributed by atoms with Gasteiger partial charge in [-0.05, 0) is 30.2 Å². The molecule has 0 bridgehead atoms. The summed E-state index contributed by atoms with van der Waals surface area (Å²) in [6, 6.07) is 7.91. The summed E-state index contributed by atoms with van der Waals surface area (Å²) in [7, 11) is 0. The maximum absolute atomic E-state index is 11.6. The van der Waals surface area contributed by atoms with Crippen LogP contribution in [0.3, 0.4) is 0 Å². The Bertz CT molecular complexity index is 558. The second-order valence-corrected chi connectivity index (χ2v) is 4.26. The van der Waals surface area contributed by atoms with Gasteiger partial charge in [0.1, 0.15) is 6.04 Å². The van der Waals surface area contributed by atoms with Crippen molar-refractivity contribution in [3.63, 3.8) is 0 Å². The van der Waals surface area contributed by atoms with Crippen molar-refractivity contribution in [2.45, 2.75) is 25.8 Å². The lowest BCUT2D eigenvalue weighted by Gasteiger charge is -2.11. The molecular weight excluding hydrogens is 256 g/mol. The second-order valence-electron chi connectivity index (χ2n) is 4.26. The van der Waals surface area contributed by atoms with Gasteiger partial charge in [0.25, 0.3) is 0 Å². The Morgan fingerprint density at radius 2 is 2.25 bits per heavy atom. The molecule has 104 valence electrons.